The highest BCUT2D eigenvalue weighted by Crippen LogP contribution is 2.33. The van der Waals surface area contributed by atoms with Crippen LogP contribution >= 0.6 is 11.3 Å². The Balaban J connectivity index is 1.47. The molecule has 0 saturated carbocycles. The highest BCUT2D eigenvalue weighted by molar-refractivity contribution is 7.21. The van der Waals surface area contributed by atoms with Crippen molar-refractivity contribution in [1.29, 1.82) is 0 Å². The molecule has 0 aliphatic rings. The van der Waals surface area contributed by atoms with Gasteiger partial charge in [-0.25, -0.2) is 19.9 Å². The quantitative estimate of drug-likeness (QED) is 0.484. The molecule has 1 aromatic carbocycles. The Morgan fingerprint density at radius 2 is 2.00 bits per heavy atom. The summed E-state index contributed by atoms with van der Waals surface area (Å²) in [7, 11) is 3.76. The number of fused-ring (bicyclic) bond motifs is 3. The monoisotopic (exact) mass is 417 g/mol. The summed E-state index contributed by atoms with van der Waals surface area (Å²) in [6.45, 7) is 1.96. The Hall–Kier alpha value is -3.59. The molecule has 5 aromatic rings. The lowest BCUT2D eigenvalue weighted by atomic mass is 10.1. The van der Waals surface area contributed by atoms with Crippen molar-refractivity contribution in [2.75, 3.05) is 0 Å². The fourth-order valence-corrected chi connectivity index (χ4v) is 4.41. The van der Waals surface area contributed by atoms with Gasteiger partial charge in [0.05, 0.1) is 36.6 Å². The van der Waals surface area contributed by atoms with Crippen LogP contribution in [0.25, 0.3) is 32.0 Å². The van der Waals surface area contributed by atoms with Crippen LogP contribution in [0, 0.1) is 0 Å². The Morgan fingerprint density at radius 1 is 1.13 bits per heavy atom. The van der Waals surface area contributed by atoms with Crippen LogP contribution in [0.15, 0.2) is 49.3 Å². The highest BCUT2D eigenvalue weighted by atomic mass is 32.1. The number of aryl methyl sites for hydroxylation is 2. The molecule has 0 unspecified atom stereocenters. The van der Waals surface area contributed by atoms with Gasteiger partial charge < -0.3 is 14.5 Å². The molecule has 1 N–H and O–H groups in total. The van der Waals surface area contributed by atoms with Crippen LogP contribution in [-0.2, 0) is 14.1 Å². The van der Waals surface area contributed by atoms with Crippen molar-refractivity contribution in [2.45, 2.75) is 13.0 Å². The largest absolute Gasteiger partial charge is 0.344 e. The average Bonchev–Trinajstić information content (AvgIpc) is 3.46. The first-order valence-electron chi connectivity index (χ1n) is 9.45. The van der Waals surface area contributed by atoms with E-state index in [1.54, 1.807) is 48.0 Å². The zero-order chi connectivity index (χ0) is 20.8. The molecular weight excluding hydrogens is 398 g/mol. The molecule has 4 aromatic heterocycles. The third-order valence-electron chi connectivity index (χ3n) is 5.13. The number of imidazole rings is 2. The van der Waals surface area contributed by atoms with Crippen molar-refractivity contribution >= 4 is 38.6 Å². The molecule has 8 nitrogen and oxygen atoms in total. The Bertz CT molecular complexity index is 1400. The lowest BCUT2D eigenvalue weighted by Crippen LogP contribution is -2.28. The predicted molar refractivity (Wildman–Crippen MR) is 116 cm³/mol. The van der Waals surface area contributed by atoms with Gasteiger partial charge in [0.15, 0.2) is 0 Å². The van der Waals surface area contributed by atoms with Gasteiger partial charge in [0, 0.05) is 19.7 Å². The number of thiazole rings is 1. The lowest BCUT2D eigenvalue weighted by Gasteiger charge is -2.15. The molecule has 0 bridgehead atoms. The van der Waals surface area contributed by atoms with E-state index < -0.39 is 0 Å². The molecule has 4 heterocycles. The van der Waals surface area contributed by atoms with Crippen LogP contribution in [0.5, 0.6) is 0 Å². The van der Waals surface area contributed by atoms with Gasteiger partial charge in [-0.05, 0) is 18.6 Å². The summed E-state index contributed by atoms with van der Waals surface area (Å²) in [5, 5.41) is 3.92. The number of aromatic nitrogens is 6. The van der Waals surface area contributed by atoms with Crippen molar-refractivity contribution in [1.82, 2.24) is 34.4 Å². The van der Waals surface area contributed by atoms with Gasteiger partial charge in [-0.2, -0.15) is 0 Å². The smallest absolute Gasteiger partial charge is 0.270 e. The van der Waals surface area contributed by atoms with Gasteiger partial charge in [-0.15, -0.1) is 0 Å². The first-order chi connectivity index (χ1) is 14.5. The molecule has 1 atom stereocenters. The van der Waals surface area contributed by atoms with Gasteiger partial charge in [0.1, 0.15) is 26.6 Å². The number of benzene rings is 1. The molecule has 0 saturated heterocycles. The van der Waals surface area contributed by atoms with Crippen molar-refractivity contribution in [3.63, 3.8) is 0 Å². The summed E-state index contributed by atoms with van der Waals surface area (Å²) < 4.78 is 3.67. The second kappa shape index (κ2) is 7.03. The second-order valence-corrected chi connectivity index (χ2v) is 8.21. The van der Waals surface area contributed by atoms with Gasteiger partial charge in [0.2, 0.25) is 0 Å². The minimum absolute atomic E-state index is 0.157. The van der Waals surface area contributed by atoms with E-state index in [1.807, 2.05) is 36.7 Å². The standard InChI is InChI=1S/C21H19N7OS/c1-12(25-19(29)16-9-22-10-27(16)2)13-5-4-6-14(7-13)20-26-17-18-15(24-11-28(18)3)8-23-21(17)30-20/h4-12H,1-3H3,(H,25,29)/t12-/m0/s1. The van der Waals surface area contributed by atoms with E-state index in [2.05, 4.69) is 26.3 Å². The maximum atomic E-state index is 12.5. The van der Waals surface area contributed by atoms with E-state index in [-0.39, 0.29) is 11.9 Å². The number of nitrogens with one attached hydrogen (secondary N) is 1. The average molecular weight is 417 g/mol. The molecule has 0 radical (unpaired) electrons. The van der Waals surface area contributed by atoms with Gasteiger partial charge in [-0.1, -0.05) is 29.5 Å². The van der Waals surface area contributed by atoms with Crippen molar-refractivity contribution in [3.05, 3.63) is 60.6 Å². The van der Waals surface area contributed by atoms with E-state index in [9.17, 15) is 4.79 Å². The summed E-state index contributed by atoms with van der Waals surface area (Å²) in [6.07, 6.45) is 6.73. The van der Waals surface area contributed by atoms with Crippen LogP contribution in [-0.4, -0.2) is 35.0 Å². The molecule has 0 aliphatic heterocycles. The van der Waals surface area contributed by atoms with Gasteiger partial charge >= 0.3 is 0 Å². The summed E-state index contributed by atoms with van der Waals surface area (Å²) in [5.74, 6) is -0.157. The minimum Gasteiger partial charge on any atom is -0.344 e. The van der Waals surface area contributed by atoms with Crippen molar-refractivity contribution in [2.24, 2.45) is 14.1 Å². The number of hydrogen-bond donors (Lipinski definition) is 1. The highest BCUT2D eigenvalue weighted by Gasteiger charge is 2.17. The number of nitrogens with zero attached hydrogens (tertiary/aromatic N) is 6. The third-order valence-corrected chi connectivity index (χ3v) is 6.15. The third kappa shape index (κ3) is 3.03. The maximum absolute atomic E-state index is 12.5. The van der Waals surface area contributed by atoms with Crippen LogP contribution in [0.3, 0.4) is 0 Å². The molecule has 30 heavy (non-hydrogen) atoms. The van der Waals surface area contributed by atoms with Gasteiger partial charge in [0.25, 0.3) is 5.91 Å². The van der Waals surface area contributed by atoms with Crippen LogP contribution in [0.2, 0.25) is 0 Å². The fourth-order valence-electron chi connectivity index (χ4n) is 3.50. The minimum atomic E-state index is -0.163. The van der Waals surface area contributed by atoms with E-state index in [0.717, 1.165) is 37.5 Å². The lowest BCUT2D eigenvalue weighted by molar-refractivity contribution is 0.0931. The molecule has 0 aliphatic carbocycles. The number of carbonyl (C=O) groups excluding carboxylic acids is 1. The SMILES string of the molecule is C[C@H](NC(=O)c1cncn1C)c1cccc(-c2nc3c(ncc4ncn(C)c43)s2)c1. The van der Waals surface area contributed by atoms with Crippen molar-refractivity contribution < 1.29 is 4.79 Å². The molecule has 150 valence electrons. The second-order valence-electron chi connectivity index (χ2n) is 7.23. The summed E-state index contributed by atoms with van der Waals surface area (Å²) >= 11 is 1.55. The maximum Gasteiger partial charge on any atom is 0.270 e. The molecule has 9 heteroatoms. The van der Waals surface area contributed by atoms with E-state index in [4.69, 9.17) is 4.98 Å². The van der Waals surface area contributed by atoms with E-state index in [0.29, 0.717) is 5.69 Å². The number of rotatable bonds is 4. The summed E-state index contributed by atoms with van der Waals surface area (Å²) in [4.78, 5) is 31.1. The first-order valence-corrected chi connectivity index (χ1v) is 10.3. The molecule has 5 rings (SSSR count). The van der Waals surface area contributed by atoms with Crippen LogP contribution < -0.4 is 5.32 Å². The zero-order valence-electron chi connectivity index (χ0n) is 16.7. The van der Waals surface area contributed by atoms with Crippen LogP contribution in [0.1, 0.15) is 29.0 Å². The molecule has 1 amide bonds. The predicted octanol–water partition coefficient (Wildman–Crippen LogP) is 3.47. The topological polar surface area (TPSA) is 90.5 Å². The number of hydrogen-bond acceptors (Lipinski definition) is 6. The Kier molecular flexibility index (Phi) is 4.32. The number of amides is 1. The molecule has 0 spiro atoms. The molecular formula is C21H19N7OS. The first kappa shape index (κ1) is 18.4. The number of pyridine rings is 1. The summed E-state index contributed by atoms with van der Waals surface area (Å²) in [5.41, 5.74) is 5.19. The fraction of sp³-hybridized carbons (Fsp3) is 0.190. The summed E-state index contributed by atoms with van der Waals surface area (Å²) in [6, 6.07) is 7.91. The van der Waals surface area contributed by atoms with Gasteiger partial charge in [-0.3, -0.25) is 4.79 Å². The van der Waals surface area contributed by atoms with E-state index in [1.165, 1.54) is 0 Å². The Morgan fingerprint density at radius 3 is 2.80 bits per heavy atom. The van der Waals surface area contributed by atoms with E-state index >= 15 is 0 Å². The molecule has 0 fully saturated rings. The normalized spacial score (nSPS) is 12.5. The number of carbonyl (C=O) groups is 1. The zero-order valence-corrected chi connectivity index (χ0v) is 17.5. The Labute approximate surface area is 176 Å². The van der Waals surface area contributed by atoms with Crippen LogP contribution in [0.4, 0.5) is 0 Å². The van der Waals surface area contributed by atoms with Crippen molar-refractivity contribution in [3.8, 4) is 10.6 Å².